The molecular weight excluding hydrogens is 269 g/mol. The Hall–Kier alpha value is -1.62. The molecule has 2 rings (SSSR count). The van der Waals surface area contributed by atoms with Crippen molar-refractivity contribution in [2.24, 2.45) is 0 Å². The summed E-state index contributed by atoms with van der Waals surface area (Å²) in [5.74, 6) is -0.140. The zero-order chi connectivity index (χ0) is 15.5. The van der Waals surface area contributed by atoms with Crippen LogP contribution in [0.5, 0.6) is 0 Å². The lowest BCUT2D eigenvalue weighted by Crippen LogP contribution is -2.52. The predicted octanol–water partition coefficient (Wildman–Crippen LogP) is 1.86. The highest BCUT2D eigenvalue weighted by Crippen LogP contribution is 2.19. The van der Waals surface area contributed by atoms with Crippen molar-refractivity contribution in [3.63, 3.8) is 0 Å². The summed E-state index contributed by atoms with van der Waals surface area (Å²) < 4.78 is 13.7. The normalized spacial score (nSPS) is 16.9. The highest BCUT2D eigenvalue weighted by Gasteiger charge is 2.22. The molecular formula is C16H24FN3O. The number of hydrogen-bond acceptors (Lipinski definition) is 3. The largest absolute Gasteiger partial charge is 0.367 e. The average molecular weight is 293 g/mol. The van der Waals surface area contributed by atoms with Crippen molar-refractivity contribution in [2.45, 2.75) is 26.3 Å². The minimum atomic E-state index is -0.202. The highest BCUT2D eigenvalue weighted by molar-refractivity contribution is 5.78. The zero-order valence-corrected chi connectivity index (χ0v) is 13.0. The predicted molar refractivity (Wildman–Crippen MR) is 82.9 cm³/mol. The Morgan fingerprint density at radius 2 is 1.81 bits per heavy atom. The Bertz CT molecular complexity index is 491. The molecule has 0 unspecified atom stereocenters. The van der Waals surface area contributed by atoms with Crippen LogP contribution in [0.25, 0.3) is 0 Å². The number of nitrogens with one attached hydrogen (secondary N) is 1. The monoisotopic (exact) mass is 293 g/mol. The van der Waals surface area contributed by atoms with Crippen LogP contribution in [0, 0.1) is 5.82 Å². The molecule has 0 spiro atoms. The number of amides is 1. The van der Waals surface area contributed by atoms with Crippen molar-refractivity contribution in [3.05, 3.63) is 30.1 Å². The summed E-state index contributed by atoms with van der Waals surface area (Å²) in [5, 5.41) is 2.96. The average Bonchev–Trinajstić information content (AvgIpc) is 2.38. The van der Waals surface area contributed by atoms with E-state index in [0.29, 0.717) is 12.2 Å². The van der Waals surface area contributed by atoms with Crippen LogP contribution in [-0.2, 0) is 4.79 Å². The van der Waals surface area contributed by atoms with Gasteiger partial charge in [-0.25, -0.2) is 4.39 Å². The van der Waals surface area contributed by atoms with Crippen LogP contribution < -0.4 is 10.2 Å². The van der Waals surface area contributed by atoms with Crippen molar-refractivity contribution < 1.29 is 9.18 Å². The van der Waals surface area contributed by atoms with E-state index in [1.54, 1.807) is 12.1 Å². The summed E-state index contributed by atoms with van der Waals surface area (Å²) in [6.45, 7) is 9.34. The molecule has 116 valence electrons. The summed E-state index contributed by atoms with van der Waals surface area (Å²) >= 11 is 0. The summed E-state index contributed by atoms with van der Waals surface area (Å²) in [6, 6.07) is 6.84. The number of anilines is 1. The van der Waals surface area contributed by atoms with Gasteiger partial charge in [-0.2, -0.15) is 0 Å². The maximum atomic E-state index is 13.7. The van der Waals surface area contributed by atoms with E-state index in [9.17, 15) is 9.18 Å². The first kappa shape index (κ1) is 15.8. The number of piperazine rings is 1. The Kier molecular flexibility index (Phi) is 4.83. The fourth-order valence-electron chi connectivity index (χ4n) is 2.52. The Labute approximate surface area is 125 Å². The Morgan fingerprint density at radius 1 is 1.19 bits per heavy atom. The van der Waals surface area contributed by atoms with Crippen molar-refractivity contribution in [3.8, 4) is 0 Å². The molecule has 1 aliphatic heterocycles. The van der Waals surface area contributed by atoms with Gasteiger partial charge in [-0.1, -0.05) is 12.1 Å². The van der Waals surface area contributed by atoms with Gasteiger partial charge in [0.05, 0.1) is 12.2 Å². The van der Waals surface area contributed by atoms with Crippen molar-refractivity contribution in [2.75, 3.05) is 37.6 Å². The second-order valence-electron chi connectivity index (χ2n) is 6.51. The molecule has 1 fully saturated rings. The maximum Gasteiger partial charge on any atom is 0.234 e. The summed E-state index contributed by atoms with van der Waals surface area (Å²) in [4.78, 5) is 16.1. The Morgan fingerprint density at radius 3 is 2.38 bits per heavy atom. The molecule has 0 atom stereocenters. The van der Waals surface area contributed by atoms with Crippen molar-refractivity contribution in [1.29, 1.82) is 0 Å². The topological polar surface area (TPSA) is 35.6 Å². The van der Waals surface area contributed by atoms with Crippen LogP contribution in [0.15, 0.2) is 24.3 Å². The second kappa shape index (κ2) is 6.43. The SMILES string of the molecule is CC(C)(C)NC(=O)CN1CCN(c2ccccc2F)CC1. The van der Waals surface area contributed by atoms with E-state index in [-0.39, 0.29) is 17.3 Å². The maximum absolute atomic E-state index is 13.7. The van der Waals surface area contributed by atoms with Crippen molar-refractivity contribution >= 4 is 11.6 Å². The number of carbonyl (C=O) groups excluding carboxylic acids is 1. The first-order chi connectivity index (χ1) is 9.85. The molecule has 1 saturated heterocycles. The summed E-state index contributed by atoms with van der Waals surface area (Å²) in [7, 11) is 0. The van der Waals surface area contributed by atoms with Crippen LogP contribution >= 0.6 is 0 Å². The van der Waals surface area contributed by atoms with E-state index in [1.165, 1.54) is 6.07 Å². The molecule has 1 heterocycles. The molecule has 1 aromatic rings. The summed E-state index contributed by atoms with van der Waals surface area (Å²) in [6.07, 6.45) is 0. The lowest BCUT2D eigenvalue weighted by molar-refractivity contribution is -0.123. The fourth-order valence-corrected chi connectivity index (χ4v) is 2.52. The number of carbonyl (C=O) groups is 1. The van der Waals surface area contributed by atoms with E-state index in [1.807, 2.05) is 31.7 Å². The van der Waals surface area contributed by atoms with Crippen LogP contribution in [0.1, 0.15) is 20.8 Å². The number of halogens is 1. The van der Waals surface area contributed by atoms with Crippen molar-refractivity contribution in [1.82, 2.24) is 10.2 Å². The number of benzene rings is 1. The molecule has 4 nitrogen and oxygen atoms in total. The number of nitrogens with zero attached hydrogens (tertiary/aromatic N) is 2. The van der Waals surface area contributed by atoms with Gasteiger partial charge in [0, 0.05) is 31.7 Å². The van der Waals surface area contributed by atoms with Gasteiger partial charge in [-0.15, -0.1) is 0 Å². The van der Waals surface area contributed by atoms with Crippen LogP contribution in [-0.4, -0.2) is 49.1 Å². The highest BCUT2D eigenvalue weighted by atomic mass is 19.1. The van der Waals surface area contributed by atoms with E-state index >= 15 is 0 Å². The summed E-state index contributed by atoms with van der Waals surface area (Å²) in [5.41, 5.74) is 0.447. The lowest BCUT2D eigenvalue weighted by atomic mass is 10.1. The first-order valence-electron chi connectivity index (χ1n) is 7.38. The fraction of sp³-hybridized carbons (Fsp3) is 0.562. The molecule has 21 heavy (non-hydrogen) atoms. The molecule has 0 radical (unpaired) electrons. The molecule has 1 aromatic carbocycles. The third-order valence-electron chi connectivity index (χ3n) is 3.45. The van der Waals surface area contributed by atoms with E-state index in [2.05, 4.69) is 10.2 Å². The zero-order valence-electron chi connectivity index (χ0n) is 13.0. The third-order valence-corrected chi connectivity index (χ3v) is 3.45. The molecule has 0 saturated carbocycles. The van der Waals surface area contributed by atoms with Gasteiger partial charge in [0.25, 0.3) is 0 Å². The lowest BCUT2D eigenvalue weighted by Gasteiger charge is -2.36. The minimum absolute atomic E-state index is 0.0434. The molecule has 0 bridgehead atoms. The smallest absolute Gasteiger partial charge is 0.234 e. The number of rotatable bonds is 3. The van der Waals surface area contributed by atoms with E-state index in [0.717, 1.165) is 26.2 Å². The van der Waals surface area contributed by atoms with Gasteiger partial charge < -0.3 is 10.2 Å². The van der Waals surface area contributed by atoms with Gasteiger partial charge in [0.1, 0.15) is 5.82 Å². The minimum Gasteiger partial charge on any atom is -0.367 e. The molecule has 0 aromatic heterocycles. The quantitative estimate of drug-likeness (QED) is 0.924. The van der Waals surface area contributed by atoms with E-state index in [4.69, 9.17) is 0 Å². The third kappa shape index (κ3) is 4.70. The second-order valence-corrected chi connectivity index (χ2v) is 6.51. The first-order valence-corrected chi connectivity index (χ1v) is 7.38. The number of hydrogen-bond donors (Lipinski definition) is 1. The van der Waals surface area contributed by atoms with Gasteiger partial charge in [0.2, 0.25) is 5.91 Å². The molecule has 0 aliphatic carbocycles. The van der Waals surface area contributed by atoms with Crippen LogP contribution in [0.4, 0.5) is 10.1 Å². The van der Waals surface area contributed by atoms with Crippen LogP contribution in [0.3, 0.4) is 0 Å². The van der Waals surface area contributed by atoms with Gasteiger partial charge in [-0.3, -0.25) is 9.69 Å². The van der Waals surface area contributed by atoms with Gasteiger partial charge in [0.15, 0.2) is 0 Å². The molecule has 1 aliphatic rings. The number of para-hydroxylation sites is 1. The standard InChI is InChI=1S/C16H24FN3O/c1-16(2,3)18-15(21)12-19-8-10-20(11-9-19)14-7-5-4-6-13(14)17/h4-7H,8-12H2,1-3H3,(H,18,21). The van der Waals surface area contributed by atoms with E-state index < -0.39 is 0 Å². The van der Waals surface area contributed by atoms with Gasteiger partial charge in [-0.05, 0) is 32.9 Å². The van der Waals surface area contributed by atoms with Crippen LogP contribution in [0.2, 0.25) is 0 Å². The molecule has 5 heteroatoms. The van der Waals surface area contributed by atoms with Gasteiger partial charge >= 0.3 is 0 Å². The molecule has 1 N–H and O–H groups in total. The molecule has 1 amide bonds. The Balaban J connectivity index is 1.84.